The van der Waals surface area contributed by atoms with Crippen molar-refractivity contribution in [1.29, 1.82) is 0 Å². The normalized spacial score (nSPS) is 14.4. The van der Waals surface area contributed by atoms with Crippen molar-refractivity contribution in [2.75, 3.05) is 38.0 Å². The molecular weight excluding hydrogens is 400 g/mol. The number of anilines is 1. The summed E-state index contributed by atoms with van der Waals surface area (Å²) < 4.78 is 0. The first-order valence-electron chi connectivity index (χ1n) is 10.7. The Hall–Kier alpha value is -3.77. The molecule has 1 aliphatic rings. The summed E-state index contributed by atoms with van der Waals surface area (Å²) in [4.78, 5) is 33.2. The Balaban J connectivity index is 1.29. The summed E-state index contributed by atoms with van der Waals surface area (Å²) in [6, 6.07) is 21.0. The molecule has 0 atom stereocenters. The Morgan fingerprint density at radius 2 is 1.56 bits per heavy atom. The van der Waals surface area contributed by atoms with E-state index >= 15 is 0 Å². The highest BCUT2D eigenvalue weighted by Gasteiger charge is 2.23. The topological polar surface area (TPSA) is 65.5 Å². The summed E-state index contributed by atoms with van der Waals surface area (Å²) in [7, 11) is 0. The minimum Gasteiger partial charge on any atom is -0.336 e. The van der Waals surface area contributed by atoms with E-state index in [-0.39, 0.29) is 11.8 Å². The Bertz CT molecular complexity index is 1080. The molecule has 32 heavy (non-hydrogen) atoms. The lowest BCUT2D eigenvalue weighted by molar-refractivity contribution is -0.117. The molecule has 0 spiro atoms. The van der Waals surface area contributed by atoms with Crippen LogP contribution in [0.5, 0.6) is 0 Å². The van der Waals surface area contributed by atoms with Crippen molar-refractivity contribution in [3.8, 4) is 0 Å². The number of carbonyl (C=O) groups is 2. The van der Waals surface area contributed by atoms with Crippen molar-refractivity contribution in [3.05, 3.63) is 95.8 Å². The lowest BCUT2D eigenvalue weighted by Crippen LogP contribution is -2.50. The number of rotatable bonds is 6. The minimum atomic E-state index is -0.0373. The Morgan fingerprint density at radius 3 is 2.31 bits per heavy atom. The highest BCUT2D eigenvalue weighted by Crippen LogP contribution is 2.14. The molecule has 4 rings (SSSR count). The van der Waals surface area contributed by atoms with E-state index < -0.39 is 0 Å². The van der Waals surface area contributed by atoms with Gasteiger partial charge in [-0.2, -0.15) is 0 Å². The average Bonchev–Trinajstić information content (AvgIpc) is 2.84. The van der Waals surface area contributed by atoms with Gasteiger partial charge in [-0.3, -0.25) is 19.5 Å². The zero-order chi connectivity index (χ0) is 22.2. The van der Waals surface area contributed by atoms with E-state index in [9.17, 15) is 9.59 Å². The zero-order valence-electron chi connectivity index (χ0n) is 17.9. The summed E-state index contributed by atoms with van der Waals surface area (Å²) in [6.45, 7) is 2.89. The third-order valence-electron chi connectivity index (χ3n) is 5.39. The van der Waals surface area contributed by atoms with Crippen LogP contribution in [0.25, 0.3) is 12.2 Å². The van der Waals surface area contributed by atoms with Crippen molar-refractivity contribution in [3.63, 3.8) is 0 Å². The molecule has 162 valence electrons. The molecule has 1 N–H and O–H groups in total. The van der Waals surface area contributed by atoms with E-state index in [0.29, 0.717) is 38.3 Å². The number of hydrogen-bond acceptors (Lipinski definition) is 4. The zero-order valence-corrected chi connectivity index (χ0v) is 17.9. The fourth-order valence-corrected chi connectivity index (χ4v) is 3.66. The summed E-state index contributed by atoms with van der Waals surface area (Å²) in [5, 5.41) is 2.91. The highest BCUT2D eigenvalue weighted by molar-refractivity contribution is 5.95. The highest BCUT2D eigenvalue weighted by atomic mass is 16.2. The predicted molar refractivity (Wildman–Crippen MR) is 127 cm³/mol. The summed E-state index contributed by atoms with van der Waals surface area (Å²) >= 11 is 0. The number of hydrogen-bond donors (Lipinski definition) is 1. The van der Waals surface area contributed by atoms with Crippen LogP contribution in [0, 0.1) is 0 Å². The van der Waals surface area contributed by atoms with E-state index in [1.165, 1.54) is 0 Å². The number of benzene rings is 2. The Kier molecular flexibility index (Phi) is 7.05. The van der Waals surface area contributed by atoms with Gasteiger partial charge in [0, 0.05) is 49.8 Å². The van der Waals surface area contributed by atoms with Gasteiger partial charge in [-0.15, -0.1) is 0 Å². The van der Waals surface area contributed by atoms with Crippen LogP contribution in [-0.4, -0.2) is 59.3 Å². The molecule has 2 aromatic carbocycles. The van der Waals surface area contributed by atoms with E-state index in [2.05, 4.69) is 15.2 Å². The van der Waals surface area contributed by atoms with Gasteiger partial charge in [0.15, 0.2) is 0 Å². The van der Waals surface area contributed by atoms with Gasteiger partial charge in [0.2, 0.25) is 5.91 Å². The summed E-state index contributed by atoms with van der Waals surface area (Å²) in [5.41, 5.74) is 3.51. The van der Waals surface area contributed by atoms with Crippen LogP contribution in [0.3, 0.4) is 0 Å². The number of carbonyl (C=O) groups excluding carboxylic acids is 2. The van der Waals surface area contributed by atoms with Crippen LogP contribution >= 0.6 is 0 Å². The molecule has 2 heterocycles. The van der Waals surface area contributed by atoms with Crippen LogP contribution in [-0.2, 0) is 4.79 Å². The van der Waals surface area contributed by atoms with Crippen molar-refractivity contribution < 1.29 is 9.59 Å². The standard InChI is InChI=1S/C26H26N4O2/c31-25(28-24-7-2-1-3-8-24)20-29-15-17-30(18-16-29)26(32)23-6-4-5-22(19-23)10-9-21-11-13-27-14-12-21/h1-14,19H,15-18,20H2,(H,28,31). The first-order valence-corrected chi connectivity index (χ1v) is 10.7. The molecule has 6 heteroatoms. The van der Waals surface area contributed by atoms with Crippen LogP contribution in [0.15, 0.2) is 79.1 Å². The van der Waals surface area contributed by atoms with Gasteiger partial charge >= 0.3 is 0 Å². The molecule has 0 unspecified atom stereocenters. The maximum Gasteiger partial charge on any atom is 0.253 e. The van der Waals surface area contributed by atoms with Gasteiger partial charge in [-0.05, 0) is 47.5 Å². The minimum absolute atomic E-state index is 0.0255. The van der Waals surface area contributed by atoms with Gasteiger partial charge in [-0.1, -0.05) is 42.5 Å². The maximum absolute atomic E-state index is 13.0. The fourth-order valence-electron chi connectivity index (χ4n) is 3.66. The van der Waals surface area contributed by atoms with E-state index in [4.69, 9.17) is 0 Å². The Labute approximate surface area is 188 Å². The SMILES string of the molecule is O=C(CN1CCN(C(=O)c2cccc(C=Cc3ccncc3)c2)CC1)Nc1ccccc1. The van der Waals surface area contributed by atoms with Gasteiger partial charge in [0.25, 0.3) is 5.91 Å². The fraction of sp³-hybridized carbons (Fsp3) is 0.192. The number of aromatic nitrogens is 1. The molecule has 1 fully saturated rings. The second-order valence-electron chi connectivity index (χ2n) is 7.72. The molecule has 0 bridgehead atoms. The largest absolute Gasteiger partial charge is 0.336 e. The van der Waals surface area contributed by atoms with Crippen molar-refractivity contribution in [2.24, 2.45) is 0 Å². The van der Waals surface area contributed by atoms with Gasteiger partial charge in [0.1, 0.15) is 0 Å². The molecule has 6 nitrogen and oxygen atoms in total. The molecule has 3 aromatic rings. The van der Waals surface area contributed by atoms with E-state index in [1.807, 2.05) is 83.8 Å². The van der Waals surface area contributed by atoms with Gasteiger partial charge in [-0.25, -0.2) is 0 Å². The molecule has 0 saturated carbocycles. The lowest BCUT2D eigenvalue weighted by atomic mass is 10.1. The number of nitrogens with zero attached hydrogens (tertiary/aromatic N) is 3. The number of pyridine rings is 1. The predicted octanol–water partition coefficient (Wildman–Crippen LogP) is 3.65. The molecule has 0 radical (unpaired) electrons. The number of piperazine rings is 1. The first-order chi connectivity index (χ1) is 15.7. The average molecular weight is 427 g/mol. The molecule has 0 aliphatic carbocycles. The van der Waals surface area contributed by atoms with Crippen molar-refractivity contribution in [2.45, 2.75) is 0 Å². The lowest BCUT2D eigenvalue weighted by Gasteiger charge is -2.34. The third-order valence-corrected chi connectivity index (χ3v) is 5.39. The van der Waals surface area contributed by atoms with E-state index in [1.54, 1.807) is 12.4 Å². The first kappa shape index (κ1) is 21.5. The number of nitrogens with one attached hydrogen (secondary N) is 1. The maximum atomic E-state index is 13.0. The third kappa shape index (κ3) is 5.89. The van der Waals surface area contributed by atoms with Crippen LogP contribution < -0.4 is 5.32 Å². The quantitative estimate of drug-likeness (QED) is 0.654. The molecule has 1 saturated heterocycles. The molecule has 2 amide bonds. The van der Waals surface area contributed by atoms with Crippen LogP contribution in [0.4, 0.5) is 5.69 Å². The number of para-hydroxylation sites is 1. The number of amides is 2. The van der Waals surface area contributed by atoms with Gasteiger partial charge in [0.05, 0.1) is 6.54 Å². The molecular formula is C26H26N4O2. The Morgan fingerprint density at radius 1 is 0.844 bits per heavy atom. The van der Waals surface area contributed by atoms with Crippen LogP contribution in [0.2, 0.25) is 0 Å². The van der Waals surface area contributed by atoms with Gasteiger partial charge < -0.3 is 10.2 Å². The molecule has 1 aromatic heterocycles. The van der Waals surface area contributed by atoms with Crippen molar-refractivity contribution >= 4 is 29.7 Å². The second kappa shape index (κ2) is 10.5. The summed E-state index contributed by atoms with van der Waals surface area (Å²) in [5.74, 6) is -0.0118. The van der Waals surface area contributed by atoms with Crippen LogP contribution in [0.1, 0.15) is 21.5 Å². The van der Waals surface area contributed by atoms with E-state index in [0.717, 1.165) is 16.8 Å². The monoisotopic (exact) mass is 426 g/mol. The smallest absolute Gasteiger partial charge is 0.253 e. The second-order valence-corrected chi connectivity index (χ2v) is 7.72. The summed E-state index contributed by atoms with van der Waals surface area (Å²) in [6.07, 6.45) is 7.51. The molecule has 1 aliphatic heterocycles. The van der Waals surface area contributed by atoms with Crippen molar-refractivity contribution in [1.82, 2.24) is 14.8 Å².